The van der Waals surface area contributed by atoms with Crippen LogP contribution in [0.25, 0.3) is 5.69 Å². The second-order valence-corrected chi connectivity index (χ2v) is 9.38. The number of carbonyl (C=O) groups excluding carboxylic acids is 1. The zero-order chi connectivity index (χ0) is 25.5. The summed E-state index contributed by atoms with van der Waals surface area (Å²) in [4.78, 5) is 23.4. The SMILES string of the molecule is COCc1nn(-c2ccccc2)cc1C(Nc1ccc(C(=O)NC(C)C(=O)O)cc1)C1CCCCC1. The first-order valence-corrected chi connectivity index (χ1v) is 12.5. The Morgan fingerprint density at radius 2 is 1.78 bits per heavy atom. The van der Waals surface area contributed by atoms with Crippen LogP contribution < -0.4 is 10.6 Å². The first kappa shape index (κ1) is 25.4. The van der Waals surface area contributed by atoms with Gasteiger partial charge in [0, 0.05) is 30.1 Å². The summed E-state index contributed by atoms with van der Waals surface area (Å²) in [6.07, 6.45) is 8.04. The number of ether oxygens (including phenoxy) is 1. The van der Waals surface area contributed by atoms with Crippen LogP contribution in [-0.4, -0.2) is 39.9 Å². The van der Waals surface area contributed by atoms with E-state index in [1.54, 1.807) is 19.2 Å². The molecule has 3 N–H and O–H groups in total. The Morgan fingerprint density at radius 1 is 1.08 bits per heavy atom. The second kappa shape index (κ2) is 11.9. The maximum atomic E-state index is 12.4. The number of hydrogen-bond acceptors (Lipinski definition) is 5. The van der Waals surface area contributed by atoms with Crippen molar-refractivity contribution in [1.82, 2.24) is 15.1 Å². The molecule has 2 aromatic carbocycles. The van der Waals surface area contributed by atoms with Crippen molar-refractivity contribution in [2.45, 2.75) is 57.7 Å². The molecule has 0 radical (unpaired) electrons. The number of anilines is 1. The highest BCUT2D eigenvalue weighted by atomic mass is 16.5. The zero-order valence-electron chi connectivity index (χ0n) is 20.8. The summed E-state index contributed by atoms with van der Waals surface area (Å²) in [7, 11) is 1.68. The van der Waals surface area contributed by atoms with Gasteiger partial charge < -0.3 is 20.5 Å². The van der Waals surface area contributed by atoms with Gasteiger partial charge >= 0.3 is 5.97 Å². The normalized spacial score (nSPS) is 15.7. The van der Waals surface area contributed by atoms with Crippen LogP contribution in [0.2, 0.25) is 0 Å². The van der Waals surface area contributed by atoms with Gasteiger partial charge in [0.15, 0.2) is 0 Å². The third-order valence-corrected chi connectivity index (χ3v) is 6.77. The van der Waals surface area contributed by atoms with Crippen LogP contribution in [-0.2, 0) is 16.1 Å². The third kappa shape index (κ3) is 6.12. The van der Waals surface area contributed by atoms with Crippen molar-refractivity contribution in [3.63, 3.8) is 0 Å². The number of nitrogens with one attached hydrogen (secondary N) is 2. The summed E-state index contributed by atoms with van der Waals surface area (Å²) >= 11 is 0. The highest BCUT2D eigenvalue weighted by Crippen LogP contribution is 2.38. The molecular weight excluding hydrogens is 456 g/mol. The first-order chi connectivity index (χ1) is 17.5. The lowest BCUT2D eigenvalue weighted by Crippen LogP contribution is -2.38. The fourth-order valence-electron chi connectivity index (χ4n) is 4.80. The molecule has 0 saturated heterocycles. The van der Waals surface area contributed by atoms with Crippen LogP contribution in [0.4, 0.5) is 5.69 Å². The monoisotopic (exact) mass is 490 g/mol. The molecule has 1 heterocycles. The molecule has 1 aromatic heterocycles. The number of carboxylic acid groups (broad SMARTS) is 1. The minimum Gasteiger partial charge on any atom is -0.480 e. The lowest BCUT2D eigenvalue weighted by atomic mass is 9.81. The molecule has 1 aliphatic rings. The maximum Gasteiger partial charge on any atom is 0.325 e. The molecule has 4 rings (SSSR count). The van der Waals surface area contributed by atoms with E-state index in [9.17, 15) is 9.59 Å². The minimum absolute atomic E-state index is 0.0413. The Balaban J connectivity index is 1.61. The zero-order valence-corrected chi connectivity index (χ0v) is 20.8. The van der Waals surface area contributed by atoms with Gasteiger partial charge in [0.2, 0.25) is 0 Å². The average molecular weight is 491 g/mol. The van der Waals surface area contributed by atoms with E-state index in [0.29, 0.717) is 18.1 Å². The molecule has 8 nitrogen and oxygen atoms in total. The highest BCUT2D eigenvalue weighted by Gasteiger charge is 2.29. The predicted octanol–water partition coefficient (Wildman–Crippen LogP) is 4.96. The molecule has 0 bridgehead atoms. The van der Waals surface area contributed by atoms with Gasteiger partial charge in [-0.25, -0.2) is 4.68 Å². The number of carbonyl (C=O) groups is 2. The molecule has 1 aliphatic carbocycles. The summed E-state index contributed by atoms with van der Waals surface area (Å²) in [6, 6.07) is 16.3. The van der Waals surface area contributed by atoms with Crippen LogP contribution in [0, 0.1) is 5.92 Å². The Morgan fingerprint density at radius 3 is 2.42 bits per heavy atom. The van der Waals surface area contributed by atoms with E-state index in [2.05, 4.69) is 16.8 Å². The molecule has 8 heteroatoms. The van der Waals surface area contributed by atoms with Gasteiger partial charge in [-0.2, -0.15) is 5.10 Å². The molecule has 190 valence electrons. The number of amides is 1. The number of aromatic nitrogens is 2. The molecule has 0 aliphatic heterocycles. The smallest absolute Gasteiger partial charge is 0.325 e. The van der Waals surface area contributed by atoms with Crippen molar-refractivity contribution >= 4 is 17.6 Å². The van der Waals surface area contributed by atoms with E-state index in [1.807, 2.05) is 47.1 Å². The van der Waals surface area contributed by atoms with Crippen LogP contribution in [0.1, 0.15) is 66.7 Å². The van der Waals surface area contributed by atoms with Crippen molar-refractivity contribution < 1.29 is 19.4 Å². The van der Waals surface area contributed by atoms with Crippen LogP contribution in [0.15, 0.2) is 60.8 Å². The van der Waals surface area contributed by atoms with Crippen molar-refractivity contribution in [2.24, 2.45) is 5.92 Å². The van der Waals surface area contributed by atoms with Crippen LogP contribution in [0.5, 0.6) is 0 Å². The number of nitrogens with zero attached hydrogens (tertiary/aromatic N) is 2. The van der Waals surface area contributed by atoms with Crippen molar-refractivity contribution in [3.05, 3.63) is 77.6 Å². The van der Waals surface area contributed by atoms with Crippen LogP contribution in [0.3, 0.4) is 0 Å². The van der Waals surface area contributed by atoms with E-state index < -0.39 is 17.9 Å². The second-order valence-electron chi connectivity index (χ2n) is 9.38. The van der Waals surface area contributed by atoms with Crippen molar-refractivity contribution in [3.8, 4) is 5.69 Å². The fraction of sp³-hybridized carbons (Fsp3) is 0.393. The Kier molecular flexibility index (Phi) is 8.38. The Bertz CT molecular complexity index is 1150. The topological polar surface area (TPSA) is 105 Å². The van der Waals surface area contributed by atoms with Gasteiger partial charge in [0.25, 0.3) is 5.91 Å². The number of carboxylic acids is 1. The number of methoxy groups -OCH3 is 1. The standard InChI is InChI=1S/C28H34N4O4/c1-19(28(34)35)29-27(33)21-13-15-22(16-14-21)30-26(20-9-5-3-6-10-20)24-17-32(31-25(24)18-36-2)23-11-7-4-8-12-23/h4,7-8,11-17,19-20,26,30H,3,5-6,9-10,18H2,1-2H3,(H,29,33)(H,34,35). The number of benzene rings is 2. The summed E-state index contributed by atoms with van der Waals surface area (Å²) in [5.41, 5.74) is 4.33. The van der Waals surface area contributed by atoms with Crippen molar-refractivity contribution in [1.29, 1.82) is 0 Å². The number of aliphatic carboxylic acids is 1. The van der Waals surface area contributed by atoms with E-state index in [1.165, 1.54) is 26.2 Å². The van der Waals surface area contributed by atoms with Gasteiger partial charge in [-0.1, -0.05) is 37.5 Å². The Hall–Kier alpha value is -3.65. The first-order valence-electron chi connectivity index (χ1n) is 12.5. The summed E-state index contributed by atoms with van der Waals surface area (Å²) < 4.78 is 7.42. The fourth-order valence-corrected chi connectivity index (χ4v) is 4.80. The molecule has 36 heavy (non-hydrogen) atoms. The highest BCUT2D eigenvalue weighted by molar-refractivity contribution is 5.96. The van der Waals surface area contributed by atoms with Gasteiger partial charge in [-0.15, -0.1) is 0 Å². The molecule has 0 spiro atoms. The lowest BCUT2D eigenvalue weighted by Gasteiger charge is -2.32. The molecule has 1 amide bonds. The molecule has 1 saturated carbocycles. The van der Waals surface area contributed by atoms with E-state index in [-0.39, 0.29) is 6.04 Å². The van der Waals surface area contributed by atoms with E-state index in [4.69, 9.17) is 14.9 Å². The minimum atomic E-state index is -1.07. The largest absolute Gasteiger partial charge is 0.480 e. The van der Waals surface area contributed by atoms with E-state index >= 15 is 0 Å². The Labute approximate surface area is 211 Å². The number of hydrogen-bond donors (Lipinski definition) is 3. The summed E-state index contributed by atoms with van der Waals surface area (Å²) in [5.74, 6) is -1.03. The number of para-hydroxylation sites is 1. The summed E-state index contributed by atoms with van der Waals surface area (Å²) in [5, 5.41) is 20.1. The van der Waals surface area contributed by atoms with Gasteiger partial charge in [0.1, 0.15) is 6.04 Å². The molecule has 2 atom stereocenters. The molecular formula is C28H34N4O4. The molecule has 2 unspecified atom stereocenters. The summed E-state index contributed by atoms with van der Waals surface area (Å²) in [6.45, 7) is 1.86. The van der Waals surface area contributed by atoms with Gasteiger partial charge in [-0.05, 0) is 62.1 Å². The van der Waals surface area contributed by atoms with E-state index in [0.717, 1.165) is 35.5 Å². The quantitative estimate of drug-likeness (QED) is 0.371. The molecule has 1 fully saturated rings. The third-order valence-electron chi connectivity index (χ3n) is 6.77. The average Bonchev–Trinajstić information content (AvgIpc) is 3.32. The predicted molar refractivity (Wildman–Crippen MR) is 138 cm³/mol. The van der Waals surface area contributed by atoms with Crippen LogP contribution >= 0.6 is 0 Å². The van der Waals surface area contributed by atoms with Crippen molar-refractivity contribution in [2.75, 3.05) is 12.4 Å². The van der Waals surface area contributed by atoms with Gasteiger partial charge in [-0.3, -0.25) is 9.59 Å². The number of rotatable bonds is 10. The molecule has 3 aromatic rings. The van der Waals surface area contributed by atoms with Gasteiger partial charge in [0.05, 0.1) is 24.0 Å². The maximum absolute atomic E-state index is 12.4. The lowest BCUT2D eigenvalue weighted by molar-refractivity contribution is -0.138.